The minimum absolute atomic E-state index is 0.122. The predicted octanol–water partition coefficient (Wildman–Crippen LogP) is 0.0103. The first-order valence-corrected chi connectivity index (χ1v) is 8.88. The molecule has 0 unspecified atom stereocenters. The first kappa shape index (κ1) is 17.4. The molecule has 0 aliphatic carbocycles. The molecule has 1 aromatic rings. The SMILES string of the molecule is CNC(=O)C(=O)NC[C@H]1CCCN1S(=O)(=O)c1ccc(C)cc1. The molecule has 126 valence electrons. The van der Waals surface area contributed by atoms with Crippen LogP contribution in [0.2, 0.25) is 0 Å². The molecule has 0 saturated carbocycles. The van der Waals surface area contributed by atoms with Gasteiger partial charge < -0.3 is 10.6 Å². The van der Waals surface area contributed by atoms with E-state index in [1.54, 1.807) is 24.3 Å². The molecule has 1 saturated heterocycles. The van der Waals surface area contributed by atoms with Gasteiger partial charge in [0.15, 0.2) is 0 Å². The lowest BCUT2D eigenvalue weighted by Gasteiger charge is -2.24. The molecular formula is C15H21N3O4S. The minimum Gasteiger partial charge on any atom is -0.351 e. The monoisotopic (exact) mass is 339 g/mol. The second-order valence-corrected chi connectivity index (χ2v) is 7.40. The second-order valence-electron chi connectivity index (χ2n) is 5.51. The van der Waals surface area contributed by atoms with Crippen LogP contribution in [-0.4, -0.2) is 50.7 Å². The maximum absolute atomic E-state index is 12.7. The van der Waals surface area contributed by atoms with Gasteiger partial charge in [-0.15, -0.1) is 0 Å². The predicted molar refractivity (Wildman–Crippen MR) is 85.2 cm³/mol. The normalized spacial score (nSPS) is 18.6. The smallest absolute Gasteiger partial charge is 0.309 e. The summed E-state index contributed by atoms with van der Waals surface area (Å²) >= 11 is 0. The number of likely N-dealkylation sites (N-methyl/N-ethyl adjacent to an activating group) is 1. The number of carbonyl (C=O) groups excluding carboxylic acids is 2. The number of hydrogen-bond donors (Lipinski definition) is 2. The van der Waals surface area contributed by atoms with Gasteiger partial charge in [-0.2, -0.15) is 4.31 Å². The average Bonchev–Trinajstić information content (AvgIpc) is 3.01. The number of aryl methyl sites for hydroxylation is 1. The van der Waals surface area contributed by atoms with Crippen LogP contribution < -0.4 is 10.6 Å². The summed E-state index contributed by atoms with van der Waals surface area (Å²) < 4.78 is 26.9. The topological polar surface area (TPSA) is 95.6 Å². The van der Waals surface area contributed by atoms with Crippen LogP contribution in [0.1, 0.15) is 18.4 Å². The van der Waals surface area contributed by atoms with Crippen molar-refractivity contribution in [2.45, 2.75) is 30.7 Å². The zero-order valence-corrected chi connectivity index (χ0v) is 14.0. The lowest BCUT2D eigenvalue weighted by Crippen LogP contribution is -2.46. The second kappa shape index (κ2) is 7.10. The molecule has 1 fully saturated rings. The Morgan fingerprint density at radius 2 is 1.87 bits per heavy atom. The zero-order valence-electron chi connectivity index (χ0n) is 13.2. The van der Waals surface area contributed by atoms with Gasteiger partial charge in [-0.05, 0) is 31.9 Å². The number of hydrogen-bond acceptors (Lipinski definition) is 4. The first-order valence-electron chi connectivity index (χ1n) is 7.44. The van der Waals surface area contributed by atoms with Crippen molar-refractivity contribution in [2.24, 2.45) is 0 Å². The van der Waals surface area contributed by atoms with Gasteiger partial charge in [-0.3, -0.25) is 9.59 Å². The van der Waals surface area contributed by atoms with E-state index >= 15 is 0 Å². The van der Waals surface area contributed by atoms with E-state index in [-0.39, 0.29) is 17.5 Å². The molecule has 0 spiro atoms. The average molecular weight is 339 g/mol. The lowest BCUT2D eigenvalue weighted by atomic mass is 10.2. The molecule has 0 bridgehead atoms. The summed E-state index contributed by atoms with van der Waals surface area (Å²) in [5.74, 6) is -1.50. The maximum atomic E-state index is 12.7. The Bertz CT molecular complexity index is 685. The molecule has 23 heavy (non-hydrogen) atoms. The van der Waals surface area contributed by atoms with Crippen LogP contribution in [-0.2, 0) is 19.6 Å². The van der Waals surface area contributed by atoms with Crippen LogP contribution in [0.3, 0.4) is 0 Å². The highest BCUT2D eigenvalue weighted by molar-refractivity contribution is 7.89. The van der Waals surface area contributed by atoms with Crippen LogP contribution in [0, 0.1) is 6.92 Å². The number of amides is 2. The van der Waals surface area contributed by atoms with E-state index in [9.17, 15) is 18.0 Å². The third-order valence-electron chi connectivity index (χ3n) is 3.88. The summed E-state index contributed by atoms with van der Waals surface area (Å²) in [4.78, 5) is 22.9. The Balaban J connectivity index is 2.10. The molecule has 1 aromatic carbocycles. The van der Waals surface area contributed by atoms with E-state index < -0.39 is 21.8 Å². The number of carbonyl (C=O) groups is 2. The fraction of sp³-hybridized carbons (Fsp3) is 0.467. The Labute approximate surface area is 136 Å². The van der Waals surface area contributed by atoms with E-state index in [1.807, 2.05) is 6.92 Å². The van der Waals surface area contributed by atoms with Crippen LogP contribution in [0.5, 0.6) is 0 Å². The summed E-state index contributed by atoms with van der Waals surface area (Å²) in [5.41, 5.74) is 0.986. The Kier molecular flexibility index (Phi) is 5.38. The summed E-state index contributed by atoms with van der Waals surface area (Å²) in [6.45, 7) is 2.43. The Morgan fingerprint density at radius 1 is 1.22 bits per heavy atom. The number of nitrogens with one attached hydrogen (secondary N) is 2. The molecule has 0 aromatic heterocycles. The minimum atomic E-state index is -3.60. The highest BCUT2D eigenvalue weighted by Crippen LogP contribution is 2.25. The number of rotatable bonds is 4. The van der Waals surface area contributed by atoms with Gasteiger partial charge in [-0.1, -0.05) is 17.7 Å². The van der Waals surface area contributed by atoms with Crippen LogP contribution in [0.15, 0.2) is 29.2 Å². The molecule has 1 aliphatic rings. The van der Waals surface area contributed by atoms with Crippen molar-refractivity contribution in [3.05, 3.63) is 29.8 Å². The lowest BCUT2D eigenvalue weighted by molar-refractivity contribution is -0.138. The van der Waals surface area contributed by atoms with Gasteiger partial charge >= 0.3 is 11.8 Å². The van der Waals surface area contributed by atoms with E-state index in [0.29, 0.717) is 13.0 Å². The summed E-state index contributed by atoms with van der Waals surface area (Å²) in [7, 11) is -2.23. The van der Waals surface area contributed by atoms with Gasteiger partial charge in [0.1, 0.15) is 0 Å². The molecule has 1 aliphatic heterocycles. The maximum Gasteiger partial charge on any atom is 0.309 e. The van der Waals surface area contributed by atoms with Crippen molar-refractivity contribution in [1.82, 2.24) is 14.9 Å². The molecule has 2 amide bonds. The van der Waals surface area contributed by atoms with Crippen molar-refractivity contribution in [2.75, 3.05) is 20.1 Å². The van der Waals surface area contributed by atoms with Crippen molar-refractivity contribution < 1.29 is 18.0 Å². The van der Waals surface area contributed by atoms with Crippen molar-refractivity contribution >= 4 is 21.8 Å². The van der Waals surface area contributed by atoms with E-state index in [2.05, 4.69) is 10.6 Å². The van der Waals surface area contributed by atoms with Crippen LogP contribution in [0.25, 0.3) is 0 Å². The van der Waals surface area contributed by atoms with Crippen molar-refractivity contribution in [3.63, 3.8) is 0 Å². The highest BCUT2D eigenvalue weighted by Gasteiger charge is 2.35. The number of nitrogens with zero attached hydrogens (tertiary/aromatic N) is 1. The Hall–Kier alpha value is -1.93. The summed E-state index contributed by atoms with van der Waals surface area (Å²) in [6.07, 6.45) is 1.38. The van der Waals surface area contributed by atoms with Crippen LogP contribution in [0.4, 0.5) is 0 Å². The van der Waals surface area contributed by atoms with Gasteiger partial charge in [0.05, 0.1) is 4.90 Å². The molecule has 1 atom stereocenters. The first-order chi connectivity index (χ1) is 10.9. The third-order valence-corrected chi connectivity index (χ3v) is 5.85. The molecule has 8 heteroatoms. The zero-order chi connectivity index (χ0) is 17.0. The van der Waals surface area contributed by atoms with Gasteiger partial charge in [0.25, 0.3) is 0 Å². The van der Waals surface area contributed by atoms with Gasteiger partial charge in [0.2, 0.25) is 10.0 Å². The van der Waals surface area contributed by atoms with E-state index in [0.717, 1.165) is 12.0 Å². The summed E-state index contributed by atoms with van der Waals surface area (Å²) in [6, 6.07) is 6.35. The van der Waals surface area contributed by atoms with Crippen LogP contribution >= 0.6 is 0 Å². The highest BCUT2D eigenvalue weighted by atomic mass is 32.2. The fourth-order valence-electron chi connectivity index (χ4n) is 2.58. The molecule has 1 heterocycles. The molecule has 2 rings (SSSR count). The molecule has 2 N–H and O–H groups in total. The van der Waals surface area contributed by atoms with E-state index in [1.165, 1.54) is 11.4 Å². The third kappa shape index (κ3) is 3.89. The number of benzene rings is 1. The molecule has 7 nitrogen and oxygen atoms in total. The fourth-order valence-corrected chi connectivity index (χ4v) is 4.27. The quantitative estimate of drug-likeness (QED) is 0.756. The molecular weight excluding hydrogens is 318 g/mol. The van der Waals surface area contributed by atoms with E-state index in [4.69, 9.17) is 0 Å². The summed E-state index contributed by atoms with van der Waals surface area (Å²) in [5, 5.41) is 4.71. The standard InChI is InChI=1S/C15H21N3O4S/c1-11-5-7-13(8-6-11)23(21,22)18-9-3-4-12(18)10-17-15(20)14(19)16-2/h5-8,12H,3-4,9-10H2,1-2H3,(H,16,19)(H,17,20)/t12-/m1/s1. The molecule has 0 radical (unpaired) electrons. The van der Waals surface area contributed by atoms with Crippen molar-refractivity contribution in [1.29, 1.82) is 0 Å². The largest absolute Gasteiger partial charge is 0.351 e. The van der Waals surface area contributed by atoms with Gasteiger partial charge in [-0.25, -0.2) is 8.42 Å². The van der Waals surface area contributed by atoms with Gasteiger partial charge in [0, 0.05) is 26.2 Å². The Morgan fingerprint density at radius 3 is 2.48 bits per heavy atom. The van der Waals surface area contributed by atoms with Crippen molar-refractivity contribution in [3.8, 4) is 0 Å². The number of sulfonamides is 1.